The van der Waals surface area contributed by atoms with Crippen LogP contribution in [0.15, 0.2) is 47.4 Å². The molecule has 0 amide bonds. The molecule has 3 aromatic rings. The zero-order valence-corrected chi connectivity index (χ0v) is 14.3. The van der Waals surface area contributed by atoms with Gasteiger partial charge in [-0.3, -0.25) is 9.88 Å². The van der Waals surface area contributed by atoms with Gasteiger partial charge in [-0.15, -0.1) is 0 Å². The van der Waals surface area contributed by atoms with Crippen LogP contribution in [0, 0.1) is 6.92 Å². The van der Waals surface area contributed by atoms with Crippen molar-refractivity contribution >= 4 is 0 Å². The maximum Gasteiger partial charge on any atom is 0.178 e. The Morgan fingerprint density at radius 1 is 1.16 bits per heavy atom. The van der Waals surface area contributed by atoms with Gasteiger partial charge in [-0.1, -0.05) is 17.6 Å². The van der Waals surface area contributed by atoms with Gasteiger partial charge in [0.25, 0.3) is 0 Å². The van der Waals surface area contributed by atoms with Crippen LogP contribution in [0.1, 0.15) is 42.3 Å². The number of aryl methyl sites for hydroxylation is 1. The van der Waals surface area contributed by atoms with Gasteiger partial charge in [0.15, 0.2) is 5.82 Å². The van der Waals surface area contributed by atoms with Crippen LogP contribution < -0.4 is 0 Å². The van der Waals surface area contributed by atoms with Crippen LogP contribution in [0.25, 0.3) is 11.5 Å². The summed E-state index contributed by atoms with van der Waals surface area (Å²) in [4.78, 5) is 15.7. The van der Waals surface area contributed by atoms with Crippen LogP contribution in [0.5, 0.6) is 0 Å². The number of hydrogen-bond acceptors (Lipinski definition) is 6. The summed E-state index contributed by atoms with van der Waals surface area (Å²) in [6, 6.07) is 8.10. The Labute approximate surface area is 146 Å². The molecule has 128 valence electrons. The first-order chi connectivity index (χ1) is 12.3. The maximum atomic E-state index is 5.27. The highest BCUT2D eigenvalue weighted by atomic mass is 16.5. The van der Waals surface area contributed by atoms with E-state index in [0.717, 1.165) is 42.2 Å². The first kappa shape index (κ1) is 15.9. The van der Waals surface area contributed by atoms with Crippen LogP contribution in [-0.2, 0) is 6.54 Å². The fourth-order valence-electron chi connectivity index (χ4n) is 3.36. The first-order valence-electron chi connectivity index (χ1n) is 8.69. The van der Waals surface area contributed by atoms with Crippen molar-refractivity contribution in [2.75, 3.05) is 6.54 Å². The van der Waals surface area contributed by atoms with E-state index in [1.54, 1.807) is 6.20 Å². The normalized spacial score (nSPS) is 18.4. The van der Waals surface area contributed by atoms with Crippen molar-refractivity contribution in [2.24, 2.45) is 0 Å². The molecular weight excluding hydrogens is 314 g/mol. The summed E-state index contributed by atoms with van der Waals surface area (Å²) < 4.78 is 5.27. The van der Waals surface area contributed by atoms with Crippen molar-refractivity contribution in [2.45, 2.75) is 38.8 Å². The topological polar surface area (TPSA) is 67.9 Å². The minimum atomic E-state index is 0.307. The molecule has 0 unspecified atom stereocenters. The van der Waals surface area contributed by atoms with Gasteiger partial charge in [-0.25, -0.2) is 9.97 Å². The third-order valence-corrected chi connectivity index (χ3v) is 4.59. The van der Waals surface area contributed by atoms with Gasteiger partial charge >= 0.3 is 0 Å². The van der Waals surface area contributed by atoms with E-state index in [1.165, 1.54) is 12.8 Å². The lowest BCUT2D eigenvalue weighted by atomic mass is 9.98. The molecule has 1 fully saturated rings. The van der Waals surface area contributed by atoms with Crippen molar-refractivity contribution in [1.29, 1.82) is 0 Å². The van der Waals surface area contributed by atoms with Crippen molar-refractivity contribution in [3.63, 3.8) is 0 Å². The molecule has 0 N–H and O–H groups in total. The van der Waals surface area contributed by atoms with E-state index >= 15 is 0 Å². The minimum Gasteiger partial charge on any atom is -0.361 e. The van der Waals surface area contributed by atoms with Crippen LogP contribution in [-0.4, -0.2) is 31.6 Å². The molecule has 0 aliphatic carbocycles. The zero-order valence-electron chi connectivity index (χ0n) is 14.3. The monoisotopic (exact) mass is 335 g/mol. The number of piperidine rings is 1. The van der Waals surface area contributed by atoms with Crippen molar-refractivity contribution in [3.05, 3.63) is 59.9 Å². The molecule has 0 saturated carbocycles. The Morgan fingerprint density at radius 3 is 2.76 bits per heavy atom. The van der Waals surface area contributed by atoms with Crippen LogP contribution >= 0.6 is 0 Å². The van der Waals surface area contributed by atoms with Gasteiger partial charge < -0.3 is 4.52 Å². The molecule has 1 saturated heterocycles. The molecule has 1 aliphatic heterocycles. The Morgan fingerprint density at radius 2 is 2.04 bits per heavy atom. The third kappa shape index (κ3) is 3.58. The summed E-state index contributed by atoms with van der Waals surface area (Å²) in [7, 11) is 0. The highest BCUT2D eigenvalue weighted by molar-refractivity contribution is 5.47. The first-order valence-corrected chi connectivity index (χ1v) is 8.69. The van der Waals surface area contributed by atoms with Gasteiger partial charge in [-0.2, -0.15) is 0 Å². The fraction of sp³-hybridized carbons (Fsp3) is 0.368. The third-order valence-electron chi connectivity index (χ3n) is 4.59. The number of pyridine rings is 1. The number of rotatable bonds is 4. The lowest BCUT2D eigenvalue weighted by molar-refractivity contribution is 0.133. The van der Waals surface area contributed by atoms with E-state index in [9.17, 15) is 0 Å². The Bertz CT molecular complexity index is 815. The van der Waals surface area contributed by atoms with E-state index in [1.807, 2.05) is 43.6 Å². The molecule has 4 heterocycles. The average molecular weight is 335 g/mol. The van der Waals surface area contributed by atoms with Gasteiger partial charge in [0.2, 0.25) is 0 Å². The average Bonchev–Trinajstić information content (AvgIpc) is 3.10. The van der Waals surface area contributed by atoms with Gasteiger partial charge in [0.05, 0.1) is 6.04 Å². The van der Waals surface area contributed by atoms with Gasteiger partial charge in [-0.05, 0) is 38.4 Å². The molecule has 0 spiro atoms. The largest absolute Gasteiger partial charge is 0.361 e. The van der Waals surface area contributed by atoms with Gasteiger partial charge in [0.1, 0.15) is 17.1 Å². The summed E-state index contributed by atoms with van der Waals surface area (Å²) in [5.41, 5.74) is 2.93. The number of likely N-dealkylation sites (tertiary alicyclic amines) is 1. The Balaban J connectivity index is 1.50. The quantitative estimate of drug-likeness (QED) is 0.726. The predicted molar refractivity (Wildman–Crippen MR) is 93.5 cm³/mol. The van der Waals surface area contributed by atoms with Crippen LogP contribution in [0.2, 0.25) is 0 Å². The molecular formula is C19H21N5O. The molecule has 0 radical (unpaired) electrons. The molecule has 3 aromatic heterocycles. The van der Waals surface area contributed by atoms with E-state index in [-0.39, 0.29) is 0 Å². The molecule has 1 aliphatic rings. The fourth-order valence-corrected chi connectivity index (χ4v) is 3.36. The molecule has 0 aromatic carbocycles. The van der Waals surface area contributed by atoms with E-state index in [2.05, 4.69) is 25.0 Å². The van der Waals surface area contributed by atoms with E-state index in [4.69, 9.17) is 4.52 Å². The van der Waals surface area contributed by atoms with E-state index in [0.29, 0.717) is 11.9 Å². The summed E-state index contributed by atoms with van der Waals surface area (Å²) in [5.74, 6) is 1.52. The second kappa shape index (κ2) is 7.11. The highest BCUT2D eigenvalue weighted by Gasteiger charge is 2.26. The molecule has 25 heavy (non-hydrogen) atoms. The lowest BCUT2D eigenvalue weighted by Gasteiger charge is -2.34. The summed E-state index contributed by atoms with van der Waals surface area (Å²) in [6.45, 7) is 3.81. The molecule has 6 nitrogen and oxygen atoms in total. The highest BCUT2D eigenvalue weighted by Crippen LogP contribution is 2.31. The zero-order chi connectivity index (χ0) is 17.1. The summed E-state index contributed by atoms with van der Waals surface area (Å²) in [5, 5.41) is 4.23. The molecule has 1 atom stereocenters. The number of hydrogen-bond donors (Lipinski definition) is 0. The lowest BCUT2D eigenvalue weighted by Crippen LogP contribution is -2.33. The van der Waals surface area contributed by atoms with Crippen molar-refractivity contribution in [1.82, 2.24) is 25.0 Å². The molecule has 0 bridgehead atoms. The number of nitrogens with zero attached hydrogens (tertiary/aromatic N) is 5. The maximum absolute atomic E-state index is 5.27. The van der Waals surface area contributed by atoms with Crippen molar-refractivity contribution < 1.29 is 4.52 Å². The summed E-state index contributed by atoms with van der Waals surface area (Å²) >= 11 is 0. The summed E-state index contributed by atoms with van der Waals surface area (Å²) in [6.07, 6.45) is 9.10. The van der Waals surface area contributed by atoms with Crippen molar-refractivity contribution in [3.8, 4) is 11.5 Å². The Hall–Kier alpha value is -2.60. The Kier molecular flexibility index (Phi) is 4.52. The second-order valence-electron chi connectivity index (χ2n) is 6.47. The second-order valence-corrected chi connectivity index (χ2v) is 6.47. The van der Waals surface area contributed by atoms with Crippen LogP contribution in [0.4, 0.5) is 0 Å². The smallest absolute Gasteiger partial charge is 0.178 e. The van der Waals surface area contributed by atoms with Crippen LogP contribution in [0.3, 0.4) is 0 Å². The van der Waals surface area contributed by atoms with E-state index < -0.39 is 0 Å². The number of aromatic nitrogens is 4. The minimum absolute atomic E-state index is 0.307. The SMILES string of the molecule is Cc1cc([C@H]2CCCCN2Cc2cnc(-c3ccccn3)nc2)no1. The van der Waals surface area contributed by atoms with Gasteiger partial charge in [0, 0.05) is 36.8 Å². The molecule has 4 rings (SSSR count). The standard InChI is InChI=1S/C19H21N5O/c1-14-10-17(23-25-14)18-7-3-5-9-24(18)13-15-11-21-19(22-12-15)16-6-2-4-8-20-16/h2,4,6,8,10-12,18H,3,5,7,9,13H2,1H3/t18-/m1/s1. The predicted octanol–water partition coefficient (Wildman–Crippen LogP) is 3.56. The molecule has 6 heteroatoms.